The predicted molar refractivity (Wildman–Crippen MR) is 44.4 cm³/mol. The Hall–Kier alpha value is -1.38. The fourth-order valence-electron chi connectivity index (χ4n) is 1.45. The Morgan fingerprint density at radius 2 is 2.50 bits per heavy atom. The summed E-state index contributed by atoms with van der Waals surface area (Å²) in [5.74, 6) is 0.142. The van der Waals surface area contributed by atoms with Crippen molar-refractivity contribution in [1.29, 1.82) is 0 Å². The highest BCUT2D eigenvalue weighted by molar-refractivity contribution is 5.78. The van der Waals surface area contributed by atoms with Gasteiger partial charge in [-0.3, -0.25) is 9.78 Å². The van der Waals surface area contributed by atoms with Crippen LogP contribution in [-0.4, -0.2) is 10.9 Å². The molecule has 1 saturated heterocycles. The summed E-state index contributed by atoms with van der Waals surface area (Å²) < 4.78 is 0. The summed E-state index contributed by atoms with van der Waals surface area (Å²) in [6, 6.07) is 4.06. The van der Waals surface area contributed by atoms with E-state index in [0.29, 0.717) is 6.42 Å². The number of amides is 1. The molecule has 0 aromatic carbocycles. The summed E-state index contributed by atoms with van der Waals surface area (Å²) in [5.41, 5.74) is 1.10. The summed E-state index contributed by atoms with van der Waals surface area (Å²) >= 11 is 0. The first-order valence-corrected chi connectivity index (χ1v) is 4.05. The zero-order valence-corrected chi connectivity index (χ0v) is 6.66. The van der Waals surface area contributed by atoms with Crippen molar-refractivity contribution in [1.82, 2.24) is 10.3 Å². The maximum atomic E-state index is 10.9. The Bertz CT molecular complexity index is 284. The van der Waals surface area contributed by atoms with Crippen LogP contribution in [0.2, 0.25) is 0 Å². The molecule has 2 rings (SSSR count). The van der Waals surface area contributed by atoms with Gasteiger partial charge in [-0.05, 0) is 18.1 Å². The highest BCUT2D eigenvalue weighted by atomic mass is 16.1. The Balaban J connectivity index is 2.16. The van der Waals surface area contributed by atoms with Gasteiger partial charge in [0.05, 0.1) is 6.04 Å². The van der Waals surface area contributed by atoms with Gasteiger partial charge in [-0.15, -0.1) is 0 Å². The molecule has 0 spiro atoms. The lowest BCUT2D eigenvalue weighted by atomic mass is 10.1. The van der Waals surface area contributed by atoms with E-state index < -0.39 is 0 Å². The summed E-state index contributed by atoms with van der Waals surface area (Å²) in [4.78, 5) is 14.9. The van der Waals surface area contributed by atoms with Gasteiger partial charge in [0.1, 0.15) is 0 Å². The highest BCUT2D eigenvalue weighted by Crippen LogP contribution is 2.22. The molecule has 0 bridgehead atoms. The molecule has 1 aromatic heterocycles. The first-order valence-electron chi connectivity index (χ1n) is 4.05. The maximum absolute atomic E-state index is 10.9. The first kappa shape index (κ1) is 7.28. The molecule has 62 valence electrons. The molecule has 2 heterocycles. The minimum atomic E-state index is 0.142. The van der Waals surface area contributed by atoms with Crippen molar-refractivity contribution in [3.8, 4) is 0 Å². The van der Waals surface area contributed by atoms with E-state index in [1.807, 2.05) is 12.1 Å². The van der Waals surface area contributed by atoms with E-state index in [1.54, 1.807) is 12.4 Å². The Morgan fingerprint density at radius 3 is 3.08 bits per heavy atom. The summed E-state index contributed by atoms with van der Waals surface area (Å²) in [6.45, 7) is 0. The zero-order chi connectivity index (χ0) is 8.39. The van der Waals surface area contributed by atoms with Crippen molar-refractivity contribution < 1.29 is 4.79 Å². The van der Waals surface area contributed by atoms with Gasteiger partial charge in [-0.25, -0.2) is 0 Å². The quantitative estimate of drug-likeness (QED) is 0.670. The van der Waals surface area contributed by atoms with Gasteiger partial charge in [0.25, 0.3) is 0 Å². The molecular weight excluding hydrogens is 152 g/mol. The topological polar surface area (TPSA) is 42.0 Å². The first-order chi connectivity index (χ1) is 5.86. The zero-order valence-electron chi connectivity index (χ0n) is 6.66. The van der Waals surface area contributed by atoms with Crippen molar-refractivity contribution in [2.45, 2.75) is 18.9 Å². The Labute approximate surface area is 70.8 Å². The second-order valence-corrected chi connectivity index (χ2v) is 2.95. The molecule has 0 saturated carbocycles. The molecule has 1 fully saturated rings. The van der Waals surface area contributed by atoms with E-state index in [9.17, 15) is 4.79 Å². The number of nitrogens with one attached hydrogen (secondary N) is 1. The second kappa shape index (κ2) is 2.93. The lowest BCUT2D eigenvalue weighted by molar-refractivity contribution is -0.119. The molecule has 1 N–H and O–H groups in total. The number of carbonyl (C=O) groups is 1. The van der Waals surface area contributed by atoms with E-state index in [4.69, 9.17) is 0 Å². The van der Waals surface area contributed by atoms with Crippen molar-refractivity contribution in [3.05, 3.63) is 30.1 Å². The number of hydrogen-bond donors (Lipinski definition) is 1. The van der Waals surface area contributed by atoms with Crippen LogP contribution < -0.4 is 5.32 Å². The monoisotopic (exact) mass is 162 g/mol. The van der Waals surface area contributed by atoms with Crippen LogP contribution in [0.1, 0.15) is 24.4 Å². The second-order valence-electron chi connectivity index (χ2n) is 2.95. The standard InChI is InChI=1S/C9H10N2O/c12-9-4-3-8(11-9)7-2-1-5-10-6-7/h1-2,5-6,8H,3-4H2,(H,11,12)/t8-/m0/s1. The van der Waals surface area contributed by atoms with Crippen LogP contribution in [0.15, 0.2) is 24.5 Å². The molecule has 1 atom stereocenters. The molecule has 3 heteroatoms. The number of carbonyl (C=O) groups excluding carboxylic acids is 1. The molecule has 1 amide bonds. The average molecular weight is 162 g/mol. The molecule has 1 aliphatic rings. The van der Waals surface area contributed by atoms with Gasteiger partial charge < -0.3 is 5.32 Å². The highest BCUT2D eigenvalue weighted by Gasteiger charge is 2.21. The molecule has 1 aromatic rings. The Morgan fingerprint density at radius 1 is 1.58 bits per heavy atom. The fraction of sp³-hybridized carbons (Fsp3) is 0.333. The van der Waals surface area contributed by atoms with E-state index in [2.05, 4.69) is 10.3 Å². The maximum Gasteiger partial charge on any atom is 0.220 e. The molecule has 1 aliphatic heterocycles. The van der Waals surface area contributed by atoms with Crippen LogP contribution in [0, 0.1) is 0 Å². The van der Waals surface area contributed by atoms with Gasteiger partial charge in [0.2, 0.25) is 5.91 Å². The molecule has 3 nitrogen and oxygen atoms in total. The molecule has 0 aliphatic carbocycles. The van der Waals surface area contributed by atoms with Crippen molar-refractivity contribution in [3.63, 3.8) is 0 Å². The van der Waals surface area contributed by atoms with E-state index in [-0.39, 0.29) is 11.9 Å². The third kappa shape index (κ3) is 1.30. The van der Waals surface area contributed by atoms with Crippen LogP contribution in [0.3, 0.4) is 0 Å². The van der Waals surface area contributed by atoms with E-state index >= 15 is 0 Å². The summed E-state index contributed by atoms with van der Waals surface area (Å²) in [5, 5.41) is 2.89. The lowest BCUT2D eigenvalue weighted by Gasteiger charge is -2.08. The van der Waals surface area contributed by atoms with Crippen molar-refractivity contribution in [2.24, 2.45) is 0 Å². The Kier molecular flexibility index (Phi) is 1.78. The van der Waals surface area contributed by atoms with Crippen LogP contribution >= 0.6 is 0 Å². The predicted octanol–water partition coefficient (Wildman–Crippen LogP) is 1.03. The minimum Gasteiger partial charge on any atom is -0.349 e. The van der Waals surface area contributed by atoms with Crippen LogP contribution in [0.4, 0.5) is 0 Å². The number of pyridine rings is 1. The summed E-state index contributed by atoms with van der Waals surface area (Å²) in [7, 11) is 0. The fourth-order valence-corrected chi connectivity index (χ4v) is 1.45. The van der Waals surface area contributed by atoms with Crippen LogP contribution in [0.5, 0.6) is 0 Å². The van der Waals surface area contributed by atoms with Gasteiger partial charge in [0.15, 0.2) is 0 Å². The average Bonchev–Trinajstić information content (AvgIpc) is 2.54. The number of rotatable bonds is 1. The molecule has 12 heavy (non-hydrogen) atoms. The van der Waals surface area contributed by atoms with Gasteiger partial charge >= 0.3 is 0 Å². The molecule has 0 radical (unpaired) electrons. The number of aromatic nitrogens is 1. The van der Waals surface area contributed by atoms with Crippen LogP contribution in [-0.2, 0) is 4.79 Å². The number of nitrogens with zero attached hydrogens (tertiary/aromatic N) is 1. The molecular formula is C9H10N2O. The van der Waals surface area contributed by atoms with Gasteiger partial charge in [0, 0.05) is 18.8 Å². The van der Waals surface area contributed by atoms with Crippen molar-refractivity contribution in [2.75, 3.05) is 0 Å². The summed E-state index contributed by atoms with van der Waals surface area (Å²) in [6.07, 6.45) is 5.07. The SMILES string of the molecule is O=C1CC[C@@H](c2cccnc2)N1. The smallest absolute Gasteiger partial charge is 0.220 e. The molecule has 0 unspecified atom stereocenters. The normalized spacial score (nSPS) is 22.3. The lowest BCUT2D eigenvalue weighted by Crippen LogP contribution is -2.18. The third-order valence-corrected chi connectivity index (χ3v) is 2.08. The van der Waals surface area contributed by atoms with Gasteiger partial charge in [-0.2, -0.15) is 0 Å². The van der Waals surface area contributed by atoms with E-state index in [0.717, 1.165) is 12.0 Å². The largest absolute Gasteiger partial charge is 0.349 e. The van der Waals surface area contributed by atoms with E-state index in [1.165, 1.54) is 0 Å². The minimum absolute atomic E-state index is 0.142. The van der Waals surface area contributed by atoms with Crippen molar-refractivity contribution >= 4 is 5.91 Å². The van der Waals surface area contributed by atoms with Crippen LogP contribution in [0.25, 0.3) is 0 Å². The van der Waals surface area contributed by atoms with Gasteiger partial charge in [-0.1, -0.05) is 6.07 Å². The third-order valence-electron chi connectivity index (χ3n) is 2.08. The number of hydrogen-bond acceptors (Lipinski definition) is 2.